The monoisotopic (exact) mass is 369 g/mol. The number of halogens is 1. The van der Waals surface area contributed by atoms with Crippen LogP contribution in [-0.2, 0) is 4.79 Å². The number of benzene rings is 2. The Kier molecular flexibility index (Phi) is 4.57. The maximum Gasteiger partial charge on any atom is 0.327 e. The third kappa shape index (κ3) is 3.28. The average molecular weight is 370 g/mol. The van der Waals surface area contributed by atoms with Gasteiger partial charge in [-0.15, -0.1) is 0 Å². The fourth-order valence-corrected chi connectivity index (χ4v) is 3.75. The van der Waals surface area contributed by atoms with Gasteiger partial charge >= 0.3 is 5.97 Å². The summed E-state index contributed by atoms with van der Waals surface area (Å²) >= 11 is 5.96. The second-order valence-corrected chi connectivity index (χ2v) is 6.99. The van der Waals surface area contributed by atoms with Crippen LogP contribution in [0, 0.1) is 0 Å². The van der Waals surface area contributed by atoms with Crippen LogP contribution in [0.15, 0.2) is 54.6 Å². The van der Waals surface area contributed by atoms with Crippen molar-refractivity contribution in [1.29, 1.82) is 0 Å². The average Bonchev–Trinajstić information content (AvgIpc) is 3.06. The molecule has 0 radical (unpaired) electrons. The summed E-state index contributed by atoms with van der Waals surface area (Å²) in [4.78, 5) is 19.5. The highest BCUT2D eigenvalue weighted by molar-refractivity contribution is 6.30. The van der Waals surface area contributed by atoms with Gasteiger partial charge in [-0.05, 0) is 41.8 Å². The van der Waals surface area contributed by atoms with Crippen LogP contribution in [0.5, 0.6) is 0 Å². The molecule has 0 saturated carbocycles. The molecule has 2 aromatic carbocycles. The molecule has 1 fully saturated rings. The number of aromatic nitrogens is 1. The molecule has 26 heavy (non-hydrogen) atoms. The fraction of sp³-hybridized carbons (Fsp3) is 0.250. The lowest BCUT2D eigenvalue weighted by Crippen LogP contribution is -2.49. The molecular weight excluding hydrogens is 350 g/mol. The van der Waals surface area contributed by atoms with Crippen LogP contribution in [0.1, 0.15) is 11.7 Å². The van der Waals surface area contributed by atoms with Crippen LogP contribution in [0.25, 0.3) is 10.9 Å². The zero-order valence-electron chi connectivity index (χ0n) is 14.2. The Hall–Kier alpha value is -2.50. The Balaban J connectivity index is 1.52. The Morgan fingerprint density at radius 2 is 1.73 bits per heavy atom. The van der Waals surface area contributed by atoms with E-state index >= 15 is 0 Å². The SMILES string of the molecule is O=C(O)C(c1cc2ccccc2[nH]1)N1CCN(c2ccc(Cl)cc2)CC1. The van der Waals surface area contributed by atoms with E-state index in [2.05, 4.69) is 9.88 Å². The van der Waals surface area contributed by atoms with Gasteiger partial charge in [-0.3, -0.25) is 9.69 Å². The number of hydrogen-bond acceptors (Lipinski definition) is 3. The molecule has 5 nitrogen and oxygen atoms in total. The third-order valence-corrected chi connectivity index (χ3v) is 5.20. The Labute approximate surface area is 156 Å². The van der Waals surface area contributed by atoms with Crippen molar-refractivity contribution in [3.63, 3.8) is 0 Å². The lowest BCUT2D eigenvalue weighted by molar-refractivity contribution is -0.143. The summed E-state index contributed by atoms with van der Waals surface area (Å²) in [5.41, 5.74) is 2.82. The number of anilines is 1. The fourth-order valence-electron chi connectivity index (χ4n) is 3.62. The summed E-state index contributed by atoms with van der Waals surface area (Å²) in [5, 5.41) is 11.6. The van der Waals surface area contributed by atoms with Crippen molar-refractivity contribution in [2.45, 2.75) is 6.04 Å². The number of nitrogens with one attached hydrogen (secondary N) is 1. The van der Waals surface area contributed by atoms with Gasteiger partial charge in [-0.1, -0.05) is 29.8 Å². The second-order valence-electron chi connectivity index (χ2n) is 6.55. The molecule has 0 bridgehead atoms. The van der Waals surface area contributed by atoms with Crippen molar-refractivity contribution < 1.29 is 9.90 Å². The first-order valence-electron chi connectivity index (χ1n) is 8.67. The number of piperazine rings is 1. The first kappa shape index (κ1) is 16.9. The zero-order valence-corrected chi connectivity index (χ0v) is 15.0. The molecule has 2 N–H and O–H groups in total. The minimum Gasteiger partial charge on any atom is -0.480 e. The highest BCUT2D eigenvalue weighted by Crippen LogP contribution is 2.27. The summed E-state index contributed by atoms with van der Waals surface area (Å²) in [6, 6.07) is 16.9. The predicted molar refractivity (Wildman–Crippen MR) is 104 cm³/mol. The number of carboxylic acid groups (broad SMARTS) is 1. The minimum absolute atomic E-state index is 0.658. The number of aliphatic carboxylic acids is 1. The maximum atomic E-state index is 12.0. The predicted octanol–water partition coefficient (Wildman–Crippen LogP) is 3.77. The van der Waals surface area contributed by atoms with E-state index in [1.807, 2.05) is 59.5 Å². The zero-order chi connectivity index (χ0) is 18.1. The Morgan fingerprint density at radius 3 is 2.38 bits per heavy atom. The van der Waals surface area contributed by atoms with Crippen LogP contribution in [-0.4, -0.2) is 47.1 Å². The van der Waals surface area contributed by atoms with Crippen LogP contribution in [0.3, 0.4) is 0 Å². The molecule has 4 rings (SSSR count). The first-order chi connectivity index (χ1) is 12.6. The number of nitrogens with zero attached hydrogens (tertiary/aromatic N) is 2. The third-order valence-electron chi connectivity index (χ3n) is 4.95. The van der Waals surface area contributed by atoms with Crippen molar-refractivity contribution >= 4 is 34.2 Å². The van der Waals surface area contributed by atoms with Crippen molar-refractivity contribution in [2.75, 3.05) is 31.1 Å². The van der Waals surface area contributed by atoms with Gasteiger partial charge in [0.15, 0.2) is 0 Å². The standard InChI is InChI=1S/C20H20ClN3O2/c21-15-5-7-16(8-6-15)23-9-11-24(12-10-23)19(20(25)26)18-13-14-3-1-2-4-17(14)22-18/h1-8,13,19,22H,9-12H2,(H,25,26). The van der Waals surface area contributed by atoms with E-state index in [0.29, 0.717) is 13.1 Å². The molecule has 1 aromatic heterocycles. The van der Waals surface area contributed by atoms with Gasteiger partial charge in [-0.2, -0.15) is 0 Å². The van der Waals surface area contributed by atoms with Gasteiger partial charge in [0.05, 0.1) is 0 Å². The molecule has 0 spiro atoms. The molecule has 134 valence electrons. The number of para-hydroxylation sites is 1. The van der Waals surface area contributed by atoms with Gasteiger partial charge in [0.1, 0.15) is 6.04 Å². The van der Waals surface area contributed by atoms with E-state index in [1.165, 1.54) is 0 Å². The van der Waals surface area contributed by atoms with Gasteiger partial charge in [-0.25, -0.2) is 0 Å². The molecule has 3 aromatic rings. The van der Waals surface area contributed by atoms with E-state index in [1.54, 1.807) is 0 Å². The van der Waals surface area contributed by atoms with Gasteiger partial charge in [0.2, 0.25) is 0 Å². The topological polar surface area (TPSA) is 59.6 Å². The van der Waals surface area contributed by atoms with E-state index < -0.39 is 12.0 Å². The second kappa shape index (κ2) is 7.02. The maximum absolute atomic E-state index is 12.0. The van der Waals surface area contributed by atoms with E-state index in [9.17, 15) is 9.90 Å². The molecule has 2 heterocycles. The normalized spacial score (nSPS) is 16.7. The van der Waals surface area contributed by atoms with E-state index in [-0.39, 0.29) is 0 Å². The highest BCUT2D eigenvalue weighted by atomic mass is 35.5. The highest BCUT2D eigenvalue weighted by Gasteiger charge is 2.31. The van der Waals surface area contributed by atoms with Gasteiger partial charge in [0.25, 0.3) is 0 Å². The van der Waals surface area contributed by atoms with Crippen molar-refractivity contribution in [3.8, 4) is 0 Å². The molecular formula is C20H20ClN3O2. The van der Waals surface area contributed by atoms with Crippen molar-refractivity contribution in [1.82, 2.24) is 9.88 Å². The molecule has 0 aliphatic carbocycles. The Bertz CT molecular complexity index is 881. The van der Waals surface area contributed by atoms with E-state index in [0.717, 1.165) is 40.4 Å². The van der Waals surface area contributed by atoms with Crippen LogP contribution < -0.4 is 4.90 Å². The molecule has 1 atom stereocenters. The van der Waals surface area contributed by atoms with Crippen molar-refractivity contribution in [3.05, 3.63) is 65.3 Å². The van der Waals surface area contributed by atoms with Crippen LogP contribution in [0.4, 0.5) is 5.69 Å². The number of aromatic amines is 1. The largest absolute Gasteiger partial charge is 0.480 e. The molecule has 1 aliphatic rings. The lowest BCUT2D eigenvalue weighted by Gasteiger charge is -2.38. The number of H-pyrrole nitrogens is 1. The lowest BCUT2D eigenvalue weighted by atomic mass is 10.1. The number of rotatable bonds is 4. The molecule has 1 aliphatic heterocycles. The number of hydrogen-bond donors (Lipinski definition) is 2. The van der Waals surface area contributed by atoms with Gasteiger partial charge in [0, 0.05) is 48.1 Å². The molecule has 6 heteroatoms. The quantitative estimate of drug-likeness (QED) is 0.735. The van der Waals surface area contributed by atoms with Gasteiger partial charge < -0.3 is 15.0 Å². The molecule has 1 saturated heterocycles. The van der Waals surface area contributed by atoms with Crippen molar-refractivity contribution in [2.24, 2.45) is 0 Å². The van der Waals surface area contributed by atoms with Crippen LogP contribution in [0.2, 0.25) is 5.02 Å². The minimum atomic E-state index is -0.823. The number of carbonyl (C=O) groups is 1. The first-order valence-corrected chi connectivity index (χ1v) is 9.04. The number of carboxylic acids is 1. The number of fused-ring (bicyclic) bond motifs is 1. The summed E-state index contributed by atoms with van der Waals surface area (Å²) in [6.45, 7) is 2.95. The van der Waals surface area contributed by atoms with E-state index in [4.69, 9.17) is 11.6 Å². The summed E-state index contributed by atoms with van der Waals surface area (Å²) in [7, 11) is 0. The summed E-state index contributed by atoms with van der Waals surface area (Å²) in [6.07, 6.45) is 0. The summed E-state index contributed by atoms with van der Waals surface area (Å²) < 4.78 is 0. The van der Waals surface area contributed by atoms with Crippen LogP contribution >= 0.6 is 11.6 Å². The smallest absolute Gasteiger partial charge is 0.327 e. The Morgan fingerprint density at radius 1 is 1.04 bits per heavy atom. The molecule has 1 unspecified atom stereocenters. The summed E-state index contributed by atoms with van der Waals surface area (Å²) in [5.74, 6) is -0.823. The molecule has 0 amide bonds.